The van der Waals surface area contributed by atoms with Gasteiger partial charge in [0.1, 0.15) is 0 Å². The first-order chi connectivity index (χ1) is 9.24. The van der Waals surface area contributed by atoms with Gasteiger partial charge in [0.05, 0.1) is 5.69 Å². The minimum Gasteiger partial charge on any atom is -0.236 e. The summed E-state index contributed by atoms with van der Waals surface area (Å²) in [7, 11) is 0. The van der Waals surface area contributed by atoms with Gasteiger partial charge in [-0.1, -0.05) is 30.3 Å². The molecule has 1 aromatic carbocycles. The average molecular weight is 250 g/mol. The first-order valence-electron chi connectivity index (χ1n) is 6.16. The molecule has 0 fully saturated rings. The second kappa shape index (κ2) is 4.65. The topological polar surface area (TPSA) is 43.6 Å². The van der Waals surface area contributed by atoms with Gasteiger partial charge in [-0.05, 0) is 19.9 Å². The van der Waals surface area contributed by atoms with E-state index in [-0.39, 0.29) is 0 Å². The molecule has 0 aliphatic carbocycles. The van der Waals surface area contributed by atoms with E-state index in [0.29, 0.717) is 5.82 Å². The van der Waals surface area contributed by atoms with Gasteiger partial charge >= 0.3 is 0 Å². The summed E-state index contributed by atoms with van der Waals surface area (Å²) < 4.78 is 1.84. The maximum Gasteiger partial charge on any atom is 0.161 e. The van der Waals surface area contributed by atoms with Gasteiger partial charge < -0.3 is 0 Å². The van der Waals surface area contributed by atoms with Gasteiger partial charge in [0.25, 0.3) is 0 Å². The predicted molar refractivity (Wildman–Crippen MR) is 74.1 cm³/mol. The van der Waals surface area contributed by atoms with E-state index in [9.17, 15) is 0 Å². The Bertz CT molecular complexity index is 701. The lowest BCUT2D eigenvalue weighted by atomic mass is 10.2. The van der Waals surface area contributed by atoms with Crippen LogP contribution in [0.25, 0.3) is 17.2 Å². The smallest absolute Gasteiger partial charge is 0.161 e. The molecule has 0 saturated heterocycles. The average Bonchev–Trinajstić information content (AvgIpc) is 2.79. The molecule has 2 aromatic heterocycles. The SMILES string of the molecule is Cc1cc(C)n(-c2ccnc(-c3ccccc3)n2)n1. The zero-order valence-electron chi connectivity index (χ0n) is 10.9. The molecule has 4 nitrogen and oxygen atoms in total. The Labute approximate surface area is 111 Å². The van der Waals surface area contributed by atoms with E-state index >= 15 is 0 Å². The van der Waals surface area contributed by atoms with E-state index in [1.807, 2.05) is 61.0 Å². The number of benzene rings is 1. The van der Waals surface area contributed by atoms with Crippen LogP contribution in [0.1, 0.15) is 11.4 Å². The number of rotatable bonds is 2. The van der Waals surface area contributed by atoms with E-state index in [2.05, 4.69) is 15.1 Å². The van der Waals surface area contributed by atoms with E-state index in [0.717, 1.165) is 22.8 Å². The highest BCUT2D eigenvalue weighted by Gasteiger charge is 2.07. The molecule has 19 heavy (non-hydrogen) atoms. The predicted octanol–water partition coefficient (Wildman–Crippen LogP) is 2.95. The molecular weight excluding hydrogens is 236 g/mol. The van der Waals surface area contributed by atoms with E-state index in [4.69, 9.17) is 0 Å². The summed E-state index contributed by atoms with van der Waals surface area (Å²) in [5.74, 6) is 1.50. The standard InChI is InChI=1S/C15H14N4/c1-11-10-12(2)19(18-11)14-8-9-16-15(17-14)13-6-4-3-5-7-13/h3-10H,1-2H3. The van der Waals surface area contributed by atoms with Gasteiger partial charge in [0.2, 0.25) is 0 Å². The Hall–Kier alpha value is -2.49. The van der Waals surface area contributed by atoms with Crippen molar-refractivity contribution in [3.8, 4) is 17.2 Å². The zero-order valence-corrected chi connectivity index (χ0v) is 10.9. The summed E-state index contributed by atoms with van der Waals surface area (Å²) >= 11 is 0. The summed E-state index contributed by atoms with van der Waals surface area (Å²) in [5.41, 5.74) is 3.05. The molecule has 0 saturated carbocycles. The van der Waals surface area contributed by atoms with Gasteiger partial charge in [-0.25, -0.2) is 14.6 Å². The van der Waals surface area contributed by atoms with Gasteiger partial charge in [-0.3, -0.25) is 0 Å². The number of aryl methyl sites for hydroxylation is 2. The molecule has 4 heteroatoms. The van der Waals surface area contributed by atoms with E-state index in [1.54, 1.807) is 6.20 Å². The van der Waals surface area contributed by atoms with Gasteiger partial charge in [-0.15, -0.1) is 0 Å². The Kier molecular flexibility index (Phi) is 2.83. The maximum atomic E-state index is 4.58. The Balaban J connectivity index is 2.08. The van der Waals surface area contributed by atoms with Crippen molar-refractivity contribution in [3.05, 3.63) is 60.0 Å². The molecule has 0 atom stereocenters. The molecule has 0 N–H and O–H groups in total. The summed E-state index contributed by atoms with van der Waals surface area (Å²) in [5, 5.41) is 4.44. The highest BCUT2D eigenvalue weighted by molar-refractivity contribution is 5.55. The lowest BCUT2D eigenvalue weighted by Gasteiger charge is -2.05. The Morgan fingerprint density at radius 1 is 1.00 bits per heavy atom. The fraction of sp³-hybridized carbons (Fsp3) is 0.133. The van der Waals surface area contributed by atoms with Crippen molar-refractivity contribution in [1.82, 2.24) is 19.7 Å². The van der Waals surface area contributed by atoms with Crippen LogP contribution < -0.4 is 0 Å². The number of aromatic nitrogens is 4. The molecule has 0 spiro atoms. The summed E-state index contributed by atoms with van der Waals surface area (Å²) in [6.45, 7) is 3.99. The van der Waals surface area contributed by atoms with Crippen LogP contribution in [0, 0.1) is 13.8 Å². The van der Waals surface area contributed by atoms with Crippen molar-refractivity contribution in [1.29, 1.82) is 0 Å². The summed E-state index contributed by atoms with van der Waals surface area (Å²) in [6.07, 6.45) is 1.76. The van der Waals surface area contributed by atoms with E-state index in [1.165, 1.54) is 0 Å². The lowest BCUT2D eigenvalue weighted by Crippen LogP contribution is -2.03. The third kappa shape index (κ3) is 2.25. The second-order valence-electron chi connectivity index (χ2n) is 4.44. The number of hydrogen-bond acceptors (Lipinski definition) is 3. The minimum absolute atomic E-state index is 0.714. The number of nitrogens with zero attached hydrogens (tertiary/aromatic N) is 4. The Morgan fingerprint density at radius 2 is 1.79 bits per heavy atom. The van der Waals surface area contributed by atoms with Crippen LogP contribution in [0.4, 0.5) is 0 Å². The van der Waals surface area contributed by atoms with E-state index < -0.39 is 0 Å². The summed E-state index contributed by atoms with van der Waals surface area (Å²) in [6, 6.07) is 13.8. The van der Waals surface area contributed by atoms with Crippen molar-refractivity contribution >= 4 is 0 Å². The van der Waals surface area contributed by atoms with Gasteiger partial charge in [-0.2, -0.15) is 5.10 Å². The van der Waals surface area contributed by atoms with Crippen LogP contribution >= 0.6 is 0 Å². The molecular formula is C15H14N4. The van der Waals surface area contributed by atoms with Crippen molar-refractivity contribution < 1.29 is 0 Å². The molecule has 0 amide bonds. The normalized spacial score (nSPS) is 10.6. The third-order valence-electron chi connectivity index (χ3n) is 2.90. The van der Waals surface area contributed by atoms with Crippen molar-refractivity contribution in [2.24, 2.45) is 0 Å². The zero-order chi connectivity index (χ0) is 13.2. The molecule has 3 rings (SSSR count). The fourth-order valence-corrected chi connectivity index (χ4v) is 2.05. The van der Waals surface area contributed by atoms with Crippen LogP contribution in [-0.4, -0.2) is 19.7 Å². The van der Waals surface area contributed by atoms with Crippen LogP contribution in [0.15, 0.2) is 48.7 Å². The largest absolute Gasteiger partial charge is 0.236 e. The third-order valence-corrected chi connectivity index (χ3v) is 2.90. The quantitative estimate of drug-likeness (QED) is 0.702. The Morgan fingerprint density at radius 3 is 2.47 bits per heavy atom. The second-order valence-corrected chi connectivity index (χ2v) is 4.44. The maximum absolute atomic E-state index is 4.58. The fourth-order valence-electron chi connectivity index (χ4n) is 2.05. The molecule has 0 aliphatic heterocycles. The number of hydrogen-bond donors (Lipinski definition) is 0. The highest BCUT2D eigenvalue weighted by Crippen LogP contribution is 2.16. The highest BCUT2D eigenvalue weighted by atomic mass is 15.3. The first-order valence-corrected chi connectivity index (χ1v) is 6.16. The molecule has 94 valence electrons. The van der Waals surface area contributed by atoms with Crippen molar-refractivity contribution in [2.45, 2.75) is 13.8 Å². The monoisotopic (exact) mass is 250 g/mol. The molecule has 0 bridgehead atoms. The lowest BCUT2D eigenvalue weighted by molar-refractivity contribution is 0.802. The van der Waals surface area contributed by atoms with Crippen LogP contribution in [-0.2, 0) is 0 Å². The van der Waals surface area contributed by atoms with Crippen molar-refractivity contribution in [2.75, 3.05) is 0 Å². The molecule has 2 heterocycles. The minimum atomic E-state index is 0.714. The first kappa shape index (κ1) is 11.6. The van der Waals surface area contributed by atoms with Gasteiger partial charge in [0.15, 0.2) is 11.6 Å². The van der Waals surface area contributed by atoms with Crippen LogP contribution in [0.2, 0.25) is 0 Å². The summed E-state index contributed by atoms with van der Waals surface area (Å²) in [4.78, 5) is 8.90. The van der Waals surface area contributed by atoms with Gasteiger partial charge in [0, 0.05) is 23.5 Å². The molecule has 3 aromatic rings. The molecule has 0 unspecified atom stereocenters. The van der Waals surface area contributed by atoms with Crippen molar-refractivity contribution in [3.63, 3.8) is 0 Å². The van der Waals surface area contributed by atoms with Crippen LogP contribution in [0.5, 0.6) is 0 Å². The van der Waals surface area contributed by atoms with Crippen LogP contribution in [0.3, 0.4) is 0 Å². The molecule has 0 aliphatic rings. The molecule has 0 radical (unpaired) electrons.